The summed E-state index contributed by atoms with van der Waals surface area (Å²) in [6.07, 6.45) is 3.60. The van der Waals surface area contributed by atoms with Gasteiger partial charge in [-0.25, -0.2) is 0 Å². The second-order valence-electron chi connectivity index (χ2n) is 12.8. The van der Waals surface area contributed by atoms with E-state index in [1.54, 1.807) is 0 Å². The maximum atomic E-state index is 5.49. The summed E-state index contributed by atoms with van der Waals surface area (Å²) in [5, 5.41) is 0. The van der Waals surface area contributed by atoms with E-state index in [2.05, 4.69) is 96.4 Å². The Morgan fingerprint density at radius 1 is 0.500 bits per heavy atom. The van der Waals surface area contributed by atoms with E-state index >= 15 is 0 Å². The molecule has 4 heterocycles. The third kappa shape index (κ3) is 7.73. The first-order valence-electron chi connectivity index (χ1n) is 15.8. The van der Waals surface area contributed by atoms with Gasteiger partial charge >= 0.3 is 0 Å². The van der Waals surface area contributed by atoms with Gasteiger partial charge in [0.05, 0.1) is 50.8 Å². The molecule has 42 heavy (non-hydrogen) atoms. The first kappa shape index (κ1) is 27.9. The molecule has 0 N–H and O–H groups in total. The van der Waals surface area contributed by atoms with Crippen molar-refractivity contribution in [2.75, 3.05) is 62.4 Å². The molecule has 6 unspecified atom stereocenters. The third-order valence-electron chi connectivity index (χ3n) is 9.07. The van der Waals surface area contributed by atoms with Crippen LogP contribution in [0.3, 0.4) is 0 Å². The first-order chi connectivity index (χ1) is 20.6. The van der Waals surface area contributed by atoms with E-state index in [4.69, 9.17) is 18.9 Å². The Bertz CT molecular complexity index is 1170. The van der Waals surface area contributed by atoms with Crippen molar-refractivity contribution in [1.82, 2.24) is 0 Å². The van der Waals surface area contributed by atoms with Gasteiger partial charge in [-0.1, -0.05) is 62.4 Å². The molecule has 4 fully saturated rings. The smallest absolute Gasteiger partial charge is 0.0984 e. The molecule has 4 aliphatic rings. The number of hydrogen-bond donors (Lipinski definition) is 0. The molecule has 0 amide bonds. The number of benzene rings is 3. The number of ether oxygens (including phenoxy) is 4. The van der Waals surface area contributed by atoms with Gasteiger partial charge in [0.2, 0.25) is 0 Å². The molecule has 0 bridgehead atoms. The Hall–Kier alpha value is -2.90. The molecule has 0 aliphatic carbocycles. The van der Waals surface area contributed by atoms with Crippen LogP contribution in [0.1, 0.15) is 47.9 Å². The molecule has 0 spiro atoms. The van der Waals surface area contributed by atoms with Crippen molar-refractivity contribution < 1.29 is 18.9 Å². The SMILES string of the molecule is CC(Cc1ccc(N(CC2CO2)CC2CO2)cc1)c1ccc(C(C)Cc2ccc(N(CC3CO3)CC3CO3)cc2)cc1. The van der Waals surface area contributed by atoms with Crippen LogP contribution in [0.15, 0.2) is 72.8 Å². The molecule has 6 nitrogen and oxygen atoms in total. The number of anilines is 2. The zero-order valence-electron chi connectivity index (χ0n) is 25.0. The highest BCUT2D eigenvalue weighted by molar-refractivity contribution is 5.49. The predicted molar refractivity (Wildman–Crippen MR) is 167 cm³/mol. The van der Waals surface area contributed by atoms with Gasteiger partial charge < -0.3 is 28.7 Å². The van der Waals surface area contributed by atoms with Gasteiger partial charge in [-0.2, -0.15) is 0 Å². The molecule has 0 aromatic heterocycles. The van der Waals surface area contributed by atoms with Crippen LogP contribution in [0.4, 0.5) is 11.4 Å². The summed E-state index contributed by atoms with van der Waals surface area (Å²) in [5.41, 5.74) is 8.09. The fourth-order valence-electron chi connectivity index (χ4n) is 6.03. The van der Waals surface area contributed by atoms with Crippen molar-refractivity contribution in [2.45, 2.75) is 62.9 Å². The minimum absolute atomic E-state index is 0.380. The first-order valence-corrected chi connectivity index (χ1v) is 15.8. The highest BCUT2D eigenvalue weighted by Gasteiger charge is 2.32. The van der Waals surface area contributed by atoms with Crippen molar-refractivity contribution in [3.05, 3.63) is 95.1 Å². The largest absolute Gasteiger partial charge is 0.371 e. The van der Waals surface area contributed by atoms with E-state index in [0.29, 0.717) is 36.3 Å². The lowest BCUT2D eigenvalue weighted by molar-refractivity contribution is 0.388. The normalized spacial score (nSPS) is 25.0. The molecule has 6 atom stereocenters. The third-order valence-corrected chi connectivity index (χ3v) is 9.07. The van der Waals surface area contributed by atoms with Crippen molar-refractivity contribution in [1.29, 1.82) is 0 Å². The highest BCUT2D eigenvalue weighted by atomic mass is 16.6. The summed E-state index contributed by atoms with van der Waals surface area (Å²) < 4.78 is 21.9. The monoisotopic (exact) mass is 568 g/mol. The minimum Gasteiger partial charge on any atom is -0.371 e. The minimum atomic E-state index is 0.380. The van der Waals surface area contributed by atoms with Gasteiger partial charge in [-0.3, -0.25) is 0 Å². The molecule has 6 heteroatoms. The van der Waals surface area contributed by atoms with Crippen molar-refractivity contribution in [2.24, 2.45) is 0 Å². The number of hydrogen-bond acceptors (Lipinski definition) is 6. The van der Waals surface area contributed by atoms with Gasteiger partial charge in [-0.15, -0.1) is 0 Å². The van der Waals surface area contributed by atoms with Gasteiger partial charge in [0.15, 0.2) is 0 Å². The Labute approximate surface area is 250 Å². The molecule has 4 saturated heterocycles. The molecule has 3 aromatic carbocycles. The van der Waals surface area contributed by atoms with Crippen molar-refractivity contribution >= 4 is 11.4 Å². The van der Waals surface area contributed by atoms with Crippen LogP contribution in [-0.4, -0.2) is 77.0 Å². The van der Waals surface area contributed by atoms with Crippen LogP contribution in [0.2, 0.25) is 0 Å². The summed E-state index contributed by atoms with van der Waals surface area (Å²) >= 11 is 0. The molecule has 4 aliphatic heterocycles. The lowest BCUT2D eigenvalue weighted by Crippen LogP contribution is -2.31. The summed E-state index contributed by atoms with van der Waals surface area (Å²) in [6, 6.07) is 27.6. The van der Waals surface area contributed by atoms with Crippen molar-refractivity contribution in [3.63, 3.8) is 0 Å². The van der Waals surface area contributed by atoms with Crippen LogP contribution < -0.4 is 9.80 Å². The number of rotatable bonds is 16. The number of epoxide rings is 4. The van der Waals surface area contributed by atoms with E-state index < -0.39 is 0 Å². The Morgan fingerprint density at radius 2 is 0.786 bits per heavy atom. The molecule has 3 aromatic rings. The molecular formula is C36H44N2O4. The molecule has 7 rings (SSSR count). The lowest BCUT2D eigenvalue weighted by atomic mass is 9.89. The van der Waals surface area contributed by atoms with E-state index in [1.807, 2.05) is 0 Å². The second-order valence-corrected chi connectivity index (χ2v) is 12.8. The standard InChI is InChI=1S/C36H44N2O4/c1-25(15-27-3-11-31(12-4-27)37(17-33-21-39-33)18-34-22-40-34)29-7-9-30(10-8-29)26(2)16-28-5-13-32(14-6-28)38(19-35-23-41-35)20-36-24-42-36/h3-14,25-26,33-36H,15-24H2,1-2H3. The fraction of sp³-hybridized carbons (Fsp3) is 0.500. The molecule has 222 valence electrons. The summed E-state index contributed by atoms with van der Waals surface area (Å²) in [4.78, 5) is 4.83. The van der Waals surface area contributed by atoms with E-state index in [9.17, 15) is 0 Å². The van der Waals surface area contributed by atoms with Gasteiger partial charge in [0.1, 0.15) is 0 Å². The predicted octanol–water partition coefficient (Wildman–Crippen LogP) is 5.59. The lowest BCUT2D eigenvalue weighted by Gasteiger charge is -2.24. The maximum absolute atomic E-state index is 5.49. The van der Waals surface area contributed by atoms with Crippen LogP contribution in [0.5, 0.6) is 0 Å². The average molecular weight is 569 g/mol. The summed E-state index contributed by atoms with van der Waals surface area (Å²) in [5.74, 6) is 0.933. The second kappa shape index (κ2) is 12.4. The van der Waals surface area contributed by atoms with Crippen LogP contribution >= 0.6 is 0 Å². The van der Waals surface area contributed by atoms with Crippen molar-refractivity contribution in [3.8, 4) is 0 Å². The maximum Gasteiger partial charge on any atom is 0.0984 e. The summed E-state index contributed by atoms with van der Waals surface area (Å²) in [6.45, 7) is 12.0. The zero-order chi connectivity index (χ0) is 28.5. The van der Waals surface area contributed by atoms with Crippen LogP contribution in [-0.2, 0) is 31.8 Å². The van der Waals surface area contributed by atoms with E-state index in [-0.39, 0.29) is 0 Å². The van der Waals surface area contributed by atoms with E-state index in [0.717, 1.165) is 65.4 Å². The Kier molecular flexibility index (Phi) is 8.22. The van der Waals surface area contributed by atoms with Gasteiger partial charge in [0, 0.05) is 37.6 Å². The number of nitrogens with zero attached hydrogens (tertiary/aromatic N) is 2. The highest BCUT2D eigenvalue weighted by Crippen LogP contribution is 2.29. The zero-order valence-corrected chi connectivity index (χ0v) is 25.0. The topological polar surface area (TPSA) is 56.6 Å². The van der Waals surface area contributed by atoms with E-state index in [1.165, 1.54) is 33.6 Å². The summed E-state index contributed by atoms with van der Waals surface area (Å²) in [7, 11) is 0. The van der Waals surface area contributed by atoms with Crippen LogP contribution in [0, 0.1) is 0 Å². The Morgan fingerprint density at radius 3 is 1.05 bits per heavy atom. The molecule has 0 radical (unpaired) electrons. The quantitative estimate of drug-likeness (QED) is 0.210. The molecule has 0 saturated carbocycles. The van der Waals surface area contributed by atoms with Crippen LogP contribution in [0.25, 0.3) is 0 Å². The Balaban J connectivity index is 0.919. The fourth-order valence-corrected chi connectivity index (χ4v) is 6.03. The average Bonchev–Trinajstić information content (AvgIpc) is 3.81. The van der Waals surface area contributed by atoms with Gasteiger partial charge in [-0.05, 0) is 71.2 Å². The molecular weight excluding hydrogens is 524 g/mol. The van der Waals surface area contributed by atoms with Gasteiger partial charge in [0.25, 0.3) is 0 Å².